The number of Topliss-reactive ketones (excluding diaryl/α,β-unsaturated/α-hetero) is 1. The minimum absolute atomic E-state index is 0.0449. The number of benzene rings is 1. The molecule has 7 bridgehead atoms. The summed E-state index contributed by atoms with van der Waals surface area (Å²) in [7, 11) is 0. The summed E-state index contributed by atoms with van der Waals surface area (Å²) in [6, 6.07) is 13.3. The SMILES string of the molecule is C[C@@]12C[C@@H]3C[C@@]45CCC[C@H]4CC4=C[C@@H]6[C@@]78C=C[C@H]9CCCC[C@H]9[C@@H]7CC=C7C=C[C@H](C[C@H]78)[C@]67O[C@]46[C@H]5C(=O)OC[C@@]64[C@@H]7C(=O)[C@@H](O)[C@]([C@H]5CCC[C@H](Cc6ccccc6)C5)([C@H]34)[C@]13O[C@@H]3C(=O)O[C@H]2c1ccoc1C[C@@H]([C@H]1CC[C@H]2[C@H](C=CN3CNC[C@H]23)C1)[C@H](O)CO. The molecule has 486 valence electrons. The van der Waals surface area contributed by atoms with Crippen molar-refractivity contribution in [3.05, 3.63) is 119 Å². The summed E-state index contributed by atoms with van der Waals surface area (Å²) in [5.41, 5.74) is -3.17. The number of aliphatic hydroxyl groups excluding tert-OH is 3. The number of furan rings is 1. The van der Waals surface area contributed by atoms with Gasteiger partial charge in [-0.2, -0.15) is 0 Å². The second-order valence-corrected chi connectivity index (χ2v) is 34.8. The van der Waals surface area contributed by atoms with Crippen LogP contribution in [0.5, 0.6) is 0 Å². The van der Waals surface area contributed by atoms with Gasteiger partial charge in [-0.05, 0) is 208 Å². The van der Waals surface area contributed by atoms with Crippen molar-refractivity contribution in [2.45, 2.75) is 189 Å². The Morgan fingerprint density at radius 2 is 1.74 bits per heavy atom. The van der Waals surface area contributed by atoms with Gasteiger partial charge in [0.1, 0.15) is 35.8 Å². The van der Waals surface area contributed by atoms with Gasteiger partial charge in [-0.15, -0.1) is 0 Å². The number of hydrogen-bond donors (Lipinski definition) is 4. The fourth-order valence-electron chi connectivity index (χ4n) is 30.2. The van der Waals surface area contributed by atoms with Gasteiger partial charge in [0.25, 0.3) is 0 Å². The van der Waals surface area contributed by atoms with Crippen LogP contribution in [-0.4, -0.2) is 106 Å². The summed E-state index contributed by atoms with van der Waals surface area (Å²) in [5, 5.41) is 41.8. The molecule has 1 aromatic carbocycles. The molecule has 1 aromatic heterocycles. The van der Waals surface area contributed by atoms with E-state index in [2.05, 4.69) is 96.2 Å². The molecule has 0 unspecified atom stereocenters. The van der Waals surface area contributed by atoms with Gasteiger partial charge in [0, 0.05) is 52.7 Å². The highest BCUT2D eigenvalue weighted by Crippen LogP contribution is 2.92. The fourth-order valence-corrected chi connectivity index (χ4v) is 30.2. The van der Waals surface area contributed by atoms with E-state index in [1.165, 1.54) is 42.4 Å². The summed E-state index contributed by atoms with van der Waals surface area (Å²) in [4.78, 5) is 52.8. The van der Waals surface area contributed by atoms with Crippen LogP contribution in [0, 0.1) is 128 Å². The first-order chi connectivity index (χ1) is 44.8. The predicted molar refractivity (Wildman–Crippen MR) is 338 cm³/mol. The van der Waals surface area contributed by atoms with Crippen LogP contribution in [0.3, 0.4) is 0 Å². The van der Waals surface area contributed by atoms with Crippen LogP contribution in [0.25, 0.3) is 0 Å². The maximum absolute atomic E-state index is 18.2. The third-order valence-corrected chi connectivity index (χ3v) is 32.6. The van der Waals surface area contributed by atoms with Crippen LogP contribution in [0.1, 0.15) is 152 Å². The van der Waals surface area contributed by atoms with Gasteiger partial charge in [0.15, 0.2) is 11.9 Å². The molecule has 9 saturated carbocycles. The van der Waals surface area contributed by atoms with Crippen LogP contribution in [-0.2, 0) is 46.2 Å². The quantitative estimate of drug-likeness (QED) is 0.106. The van der Waals surface area contributed by atoms with Gasteiger partial charge >= 0.3 is 11.9 Å². The zero-order chi connectivity index (χ0) is 61.4. The van der Waals surface area contributed by atoms with E-state index in [0.717, 1.165) is 115 Å². The molecule has 7 aliphatic heterocycles. The number of carbonyl (C=O) groups excluding carboxylic acids is 3. The van der Waals surface area contributed by atoms with Crippen molar-refractivity contribution in [1.82, 2.24) is 10.2 Å². The lowest BCUT2D eigenvalue weighted by Gasteiger charge is -2.73. The number of cyclic esters (lactones) is 2. The molecule has 2 aromatic rings. The smallest absolute Gasteiger partial charge is 0.339 e. The molecule has 12 aliphatic carbocycles. The van der Waals surface area contributed by atoms with Crippen molar-refractivity contribution in [1.29, 1.82) is 0 Å². The molecule has 30 atom stereocenters. The number of nitrogens with zero attached hydrogens (tertiary/aromatic N) is 1. The third kappa shape index (κ3) is 6.35. The Morgan fingerprint density at radius 3 is 2.63 bits per heavy atom. The monoisotopic (exact) mass is 1250 g/mol. The molecule has 13 heteroatoms. The lowest BCUT2D eigenvalue weighted by atomic mass is 9.29. The number of fused-ring (bicyclic) bond motifs is 6. The molecule has 8 heterocycles. The number of ketones is 1. The maximum Gasteiger partial charge on any atom is 0.339 e. The average Bonchev–Trinajstić information content (AvgIpc) is 1.41. The van der Waals surface area contributed by atoms with Crippen molar-refractivity contribution in [2.75, 3.05) is 26.4 Å². The molecule has 4 N–H and O–H groups in total. The van der Waals surface area contributed by atoms with Gasteiger partial charge in [0.2, 0.25) is 0 Å². The van der Waals surface area contributed by atoms with E-state index in [4.69, 9.17) is 23.4 Å². The second-order valence-electron chi connectivity index (χ2n) is 34.8. The van der Waals surface area contributed by atoms with Crippen molar-refractivity contribution in [2.24, 2.45) is 128 Å². The third-order valence-electron chi connectivity index (χ3n) is 32.6. The Hall–Kier alpha value is -4.63. The Balaban J connectivity index is 0.771. The topological polar surface area (TPSA) is 181 Å². The molecular weight excluding hydrogens is 1150 g/mol. The zero-order valence-electron chi connectivity index (χ0n) is 53.6. The first-order valence-corrected chi connectivity index (χ1v) is 37.1. The highest BCUT2D eigenvalue weighted by molar-refractivity contribution is 5.94. The predicted octanol–water partition coefficient (Wildman–Crippen LogP) is 10.9. The number of epoxide rings is 1. The van der Waals surface area contributed by atoms with Crippen molar-refractivity contribution in [3.63, 3.8) is 0 Å². The fraction of sp³-hybridized carbons (Fsp3) is 0.709. The Morgan fingerprint density at radius 1 is 0.859 bits per heavy atom. The first-order valence-electron chi connectivity index (χ1n) is 37.1. The molecular formula is C79H94N2O11. The van der Waals surface area contributed by atoms with Crippen LogP contribution in [0.2, 0.25) is 0 Å². The number of hydrogen-bond acceptors (Lipinski definition) is 13. The lowest BCUT2D eigenvalue weighted by molar-refractivity contribution is -0.301. The van der Waals surface area contributed by atoms with Gasteiger partial charge < -0.3 is 43.6 Å². The highest BCUT2D eigenvalue weighted by atomic mass is 16.7. The van der Waals surface area contributed by atoms with E-state index in [9.17, 15) is 10.2 Å². The number of nitrogens with one attached hydrogen (secondary N) is 1. The molecule has 6 spiro atoms. The van der Waals surface area contributed by atoms with E-state index >= 15 is 19.5 Å². The molecule has 0 amide bonds. The van der Waals surface area contributed by atoms with Gasteiger partial charge in [-0.3, -0.25) is 14.9 Å². The zero-order valence-corrected chi connectivity index (χ0v) is 53.6. The van der Waals surface area contributed by atoms with E-state index in [0.29, 0.717) is 54.2 Å². The van der Waals surface area contributed by atoms with E-state index in [1.807, 2.05) is 6.07 Å². The van der Waals surface area contributed by atoms with E-state index in [-0.39, 0.29) is 83.6 Å². The molecule has 13 nitrogen and oxygen atoms in total. The first kappa shape index (κ1) is 56.5. The average molecular weight is 1250 g/mol. The highest BCUT2D eigenvalue weighted by Gasteiger charge is 3.00. The number of rotatable bonds is 9. The molecule has 14 fully saturated rings. The van der Waals surface area contributed by atoms with Crippen LogP contribution in [0.4, 0.5) is 0 Å². The standard InChI is InChI=1S/C79H94N2O11/c1-72-36-48-37-73-25-8-14-49(73)32-52-34-62-74-26-22-44-12-5-6-15-53(44)57(74)21-18-45-16-19-51(33-58(45)74)77(62)65-63(84)67(85)76(50-13-7-11-43(30-50)29-42-9-3-2-4-10-42,64(48)75(65)40-89-70(86)66(73)78(52,75)92-77)79(72)69(91-79)71(87)90-68(72)55-24-28-88-61(55)35-56(60(83)39-82)46-17-20-54-47(31-46)23-27-81-41-80-38-59(54)81/h2-4,9-10,16,18-19,22-24,26-28,34,43-44,46-51,53-54,56-60,62,64-69,80,82-83,85H,5-8,11-15,17,20-21,25,29-33,35-41H2,1H3/t43-,44-,46+,47-,48-,49+,50+,51-,53-,54+,56+,57+,58-,59-,60-,62-,64-,65+,66+,67-,68+,69-,72+,73+,74+,75-,76+,77+,78+,79-/m1/s1. The Kier molecular flexibility index (Phi) is 11.6. The van der Waals surface area contributed by atoms with Crippen molar-refractivity contribution >= 4 is 17.7 Å². The summed E-state index contributed by atoms with van der Waals surface area (Å²) in [6.07, 6.45) is 36.8. The lowest BCUT2D eigenvalue weighted by Crippen LogP contribution is -2.82. The second kappa shape index (κ2) is 18.9. The molecule has 5 saturated heterocycles. The van der Waals surface area contributed by atoms with Gasteiger partial charge in [-0.25, -0.2) is 4.79 Å². The molecule has 92 heavy (non-hydrogen) atoms. The van der Waals surface area contributed by atoms with Crippen LogP contribution in [0.15, 0.2) is 107 Å². The molecule has 21 rings (SSSR count). The van der Waals surface area contributed by atoms with E-state index in [1.54, 1.807) is 6.26 Å². The summed E-state index contributed by atoms with van der Waals surface area (Å²) < 4.78 is 37.8. The Labute approximate surface area is 541 Å². The number of allylic oxidation sites excluding steroid dienone is 6. The number of ether oxygens (including phenoxy) is 4. The largest absolute Gasteiger partial charge is 0.469 e. The van der Waals surface area contributed by atoms with Gasteiger partial charge in [-0.1, -0.05) is 112 Å². The van der Waals surface area contributed by atoms with Gasteiger partial charge in [0.05, 0.1) is 48.5 Å². The van der Waals surface area contributed by atoms with Crippen molar-refractivity contribution < 1.29 is 53.1 Å². The summed E-state index contributed by atoms with van der Waals surface area (Å²) in [6.45, 7) is 3.81. The maximum atomic E-state index is 18.2. The minimum Gasteiger partial charge on any atom is -0.469 e. The number of esters is 2. The normalized spacial score (nSPS) is 53.8. The van der Waals surface area contributed by atoms with Crippen LogP contribution < -0.4 is 5.32 Å². The molecule has 19 aliphatic rings. The Bertz CT molecular complexity index is 3660. The number of aliphatic hydroxyl groups is 3. The van der Waals surface area contributed by atoms with E-state index < -0.39 is 86.6 Å². The summed E-state index contributed by atoms with van der Waals surface area (Å²) >= 11 is 0. The van der Waals surface area contributed by atoms with Crippen molar-refractivity contribution in [3.8, 4) is 0 Å². The van der Waals surface area contributed by atoms with Crippen LogP contribution >= 0.6 is 0 Å². The summed E-state index contributed by atoms with van der Waals surface area (Å²) in [5.74, 6) is 0.0960. The number of carbonyl (C=O) groups is 3. The molecule has 0 radical (unpaired) electrons. The minimum atomic E-state index is -1.53.